The highest BCUT2D eigenvalue weighted by Gasteiger charge is 2.18. The monoisotopic (exact) mass is 397 g/mol. The molecule has 0 fully saturated rings. The number of amides is 1. The van der Waals surface area contributed by atoms with E-state index in [1.165, 1.54) is 16.2 Å². The molecule has 0 radical (unpaired) electrons. The van der Waals surface area contributed by atoms with E-state index in [4.69, 9.17) is 0 Å². The number of fused-ring (bicyclic) bond motifs is 1. The van der Waals surface area contributed by atoms with E-state index >= 15 is 0 Å². The molecular weight excluding hydrogens is 378 g/mol. The van der Waals surface area contributed by atoms with Crippen molar-refractivity contribution in [3.05, 3.63) is 56.5 Å². The predicted octanol–water partition coefficient (Wildman–Crippen LogP) is 4.43. The smallest absolute Gasteiger partial charge is 0.258 e. The van der Waals surface area contributed by atoms with Gasteiger partial charge < -0.3 is 0 Å². The molecule has 138 valence electrons. The van der Waals surface area contributed by atoms with Crippen LogP contribution in [0.25, 0.3) is 11.0 Å². The first-order valence-electron chi connectivity index (χ1n) is 8.68. The number of aromatic nitrogens is 4. The molecule has 4 rings (SSSR count). The predicted molar refractivity (Wildman–Crippen MR) is 110 cm³/mol. The molecule has 6 nitrogen and oxygen atoms in total. The molecule has 0 aliphatic rings. The van der Waals surface area contributed by atoms with Crippen molar-refractivity contribution in [2.75, 3.05) is 5.32 Å². The summed E-state index contributed by atoms with van der Waals surface area (Å²) >= 11 is 3.18. The molecule has 4 aromatic rings. The van der Waals surface area contributed by atoms with E-state index in [-0.39, 0.29) is 5.91 Å². The van der Waals surface area contributed by atoms with Crippen LogP contribution in [0.5, 0.6) is 0 Å². The van der Waals surface area contributed by atoms with Crippen LogP contribution in [0.4, 0.5) is 5.13 Å². The maximum absolute atomic E-state index is 12.9. The maximum atomic E-state index is 12.9. The highest BCUT2D eigenvalue weighted by Crippen LogP contribution is 2.25. The molecule has 0 bridgehead atoms. The Kier molecular flexibility index (Phi) is 4.75. The number of nitrogens with one attached hydrogen (secondary N) is 1. The molecule has 0 atom stereocenters. The fraction of sp³-hybridized carbons (Fsp3) is 0.263. The first-order chi connectivity index (χ1) is 13.0. The molecule has 0 aliphatic carbocycles. The van der Waals surface area contributed by atoms with Crippen LogP contribution >= 0.6 is 22.7 Å². The average molecular weight is 398 g/mol. The van der Waals surface area contributed by atoms with E-state index in [0.29, 0.717) is 17.2 Å². The van der Waals surface area contributed by atoms with Gasteiger partial charge in [0.25, 0.3) is 5.91 Å². The molecule has 0 saturated heterocycles. The number of carbonyl (C=O) groups is 1. The minimum atomic E-state index is -0.183. The van der Waals surface area contributed by atoms with Crippen molar-refractivity contribution >= 4 is 44.7 Å². The number of anilines is 1. The topological polar surface area (TPSA) is 72.7 Å². The number of nitrogens with zero attached hydrogens (tertiary/aromatic N) is 4. The number of hydrogen-bond donors (Lipinski definition) is 1. The van der Waals surface area contributed by atoms with E-state index < -0.39 is 0 Å². The quantitative estimate of drug-likeness (QED) is 0.541. The first kappa shape index (κ1) is 17.8. The van der Waals surface area contributed by atoms with E-state index in [1.807, 2.05) is 30.0 Å². The Labute approximate surface area is 164 Å². The van der Waals surface area contributed by atoms with Crippen LogP contribution in [0.3, 0.4) is 0 Å². The van der Waals surface area contributed by atoms with Gasteiger partial charge in [0, 0.05) is 15.4 Å². The Morgan fingerprint density at radius 3 is 2.85 bits per heavy atom. The third-order valence-corrected chi connectivity index (χ3v) is 6.11. The second kappa shape index (κ2) is 7.21. The zero-order chi connectivity index (χ0) is 19.0. The van der Waals surface area contributed by atoms with Gasteiger partial charge >= 0.3 is 0 Å². The second-order valence-electron chi connectivity index (χ2n) is 6.26. The van der Waals surface area contributed by atoms with Crippen LogP contribution in [-0.4, -0.2) is 25.7 Å². The van der Waals surface area contributed by atoms with Crippen molar-refractivity contribution < 1.29 is 4.79 Å². The molecule has 1 amide bonds. The van der Waals surface area contributed by atoms with Crippen molar-refractivity contribution in [1.29, 1.82) is 0 Å². The van der Waals surface area contributed by atoms with E-state index in [1.54, 1.807) is 23.6 Å². The van der Waals surface area contributed by atoms with Crippen LogP contribution in [0.15, 0.2) is 29.8 Å². The van der Waals surface area contributed by atoms with Gasteiger partial charge in [-0.15, -0.1) is 22.7 Å². The number of rotatable bonds is 5. The van der Waals surface area contributed by atoms with Crippen molar-refractivity contribution in [1.82, 2.24) is 19.7 Å². The zero-order valence-electron chi connectivity index (χ0n) is 15.3. The molecule has 4 aromatic heterocycles. The molecule has 27 heavy (non-hydrogen) atoms. The lowest BCUT2D eigenvalue weighted by Gasteiger charge is -2.06. The van der Waals surface area contributed by atoms with Gasteiger partial charge in [-0.3, -0.25) is 10.1 Å². The lowest BCUT2D eigenvalue weighted by atomic mass is 10.1. The fourth-order valence-electron chi connectivity index (χ4n) is 3.00. The van der Waals surface area contributed by atoms with Crippen LogP contribution in [0.2, 0.25) is 0 Å². The average Bonchev–Trinajstić information content (AvgIpc) is 3.36. The maximum Gasteiger partial charge on any atom is 0.258 e. The number of thiophene rings is 1. The summed E-state index contributed by atoms with van der Waals surface area (Å²) in [5.41, 5.74) is 3.10. The molecule has 8 heteroatoms. The summed E-state index contributed by atoms with van der Waals surface area (Å²) in [5, 5.41) is 10.8. The summed E-state index contributed by atoms with van der Waals surface area (Å²) in [7, 11) is 0. The van der Waals surface area contributed by atoms with Gasteiger partial charge in [-0.1, -0.05) is 13.0 Å². The lowest BCUT2D eigenvalue weighted by molar-refractivity contribution is 0.102. The van der Waals surface area contributed by atoms with Gasteiger partial charge in [0.1, 0.15) is 0 Å². The second-order valence-corrected chi connectivity index (χ2v) is 8.50. The summed E-state index contributed by atoms with van der Waals surface area (Å²) in [6.07, 6.45) is 2.57. The van der Waals surface area contributed by atoms with Crippen LogP contribution in [0, 0.1) is 13.8 Å². The van der Waals surface area contributed by atoms with E-state index in [9.17, 15) is 4.79 Å². The van der Waals surface area contributed by atoms with Gasteiger partial charge in [0.2, 0.25) is 0 Å². The number of thiazole rings is 1. The first-order valence-corrected chi connectivity index (χ1v) is 10.4. The van der Waals surface area contributed by atoms with Crippen molar-refractivity contribution in [2.24, 2.45) is 0 Å². The summed E-state index contributed by atoms with van der Waals surface area (Å²) in [4.78, 5) is 24.3. The normalized spacial score (nSPS) is 11.2. The summed E-state index contributed by atoms with van der Waals surface area (Å²) < 4.78 is 1.84. The minimum Gasteiger partial charge on any atom is -0.298 e. The van der Waals surface area contributed by atoms with Crippen LogP contribution in [-0.2, 0) is 13.0 Å². The lowest BCUT2D eigenvalue weighted by Crippen LogP contribution is -2.13. The molecule has 0 unspecified atom stereocenters. The third-order valence-electron chi connectivity index (χ3n) is 4.32. The van der Waals surface area contributed by atoms with Gasteiger partial charge in [0.15, 0.2) is 10.8 Å². The van der Waals surface area contributed by atoms with Gasteiger partial charge in [-0.25, -0.2) is 14.6 Å². The van der Waals surface area contributed by atoms with E-state index in [0.717, 1.165) is 33.7 Å². The highest BCUT2D eigenvalue weighted by molar-refractivity contribution is 7.15. The third kappa shape index (κ3) is 3.50. The van der Waals surface area contributed by atoms with Crippen LogP contribution < -0.4 is 5.32 Å². The molecule has 0 aliphatic heterocycles. The number of carbonyl (C=O) groups excluding carboxylic acids is 1. The standard InChI is InChI=1S/C19H19N5OS2/c1-4-16-12(3)27-19(22-16)23-18(25)14-8-11(2)21-17-15(14)9-20-24(17)10-13-6-5-7-26-13/h5-9H,4,10H2,1-3H3,(H,22,23,25). The number of hydrogen-bond acceptors (Lipinski definition) is 6. The SMILES string of the molecule is CCc1nc(NC(=O)c2cc(C)nc3c2cnn3Cc2cccs2)sc1C. The van der Waals surface area contributed by atoms with Gasteiger partial charge in [0.05, 0.1) is 29.4 Å². The Hall–Kier alpha value is -2.58. The largest absolute Gasteiger partial charge is 0.298 e. The van der Waals surface area contributed by atoms with Crippen molar-refractivity contribution in [3.63, 3.8) is 0 Å². The van der Waals surface area contributed by atoms with Crippen LogP contribution in [0.1, 0.15) is 38.4 Å². The molecule has 1 N–H and O–H groups in total. The summed E-state index contributed by atoms with van der Waals surface area (Å²) in [6.45, 7) is 6.62. The van der Waals surface area contributed by atoms with Gasteiger partial charge in [-0.05, 0) is 37.8 Å². The zero-order valence-corrected chi connectivity index (χ0v) is 16.9. The Bertz CT molecular complexity index is 1110. The Morgan fingerprint density at radius 1 is 1.30 bits per heavy atom. The highest BCUT2D eigenvalue weighted by atomic mass is 32.1. The molecule has 4 heterocycles. The van der Waals surface area contributed by atoms with Gasteiger partial charge in [-0.2, -0.15) is 5.10 Å². The fourth-order valence-corrected chi connectivity index (χ4v) is 4.58. The molecule has 0 spiro atoms. The molecule has 0 saturated carbocycles. The summed E-state index contributed by atoms with van der Waals surface area (Å²) in [6, 6.07) is 5.89. The number of pyridine rings is 1. The Morgan fingerprint density at radius 2 is 2.15 bits per heavy atom. The van der Waals surface area contributed by atoms with Crippen molar-refractivity contribution in [3.8, 4) is 0 Å². The van der Waals surface area contributed by atoms with Crippen molar-refractivity contribution in [2.45, 2.75) is 33.7 Å². The minimum absolute atomic E-state index is 0.183. The molecule has 0 aromatic carbocycles. The molecular formula is C19H19N5OS2. The Balaban J connectivity index is 1.68. The number of aryl methyl sites for hydroxylation is 3. The van der Waals surface area contributed by atoms with E-state index in [2.05, 4.69) is 33.4 Å². The summed E-state index contributed by atoms with van der Waals surface area (Å²) in [5.74, 6) is -0.183.